The zero-order valence-corrected chi connectivity index (χ0v) is 20.4. The lowest BCUT2D eigenvalue weighted by molar-refractivity contribution is -0.137. The van der Waals surface area contributed by atoms with Crippen LogP contribution >= 0.6 is 23.8 Å². The highest BCUT2D eigenvalue weighted by molar-refractivity contribution is 7.80. The van der Waals surface area contributed by atoms with Gasteiger partial charge in [-0.05, 0) is 72.7 Å². The summed E-state index contributed by atoms with van der Waals surface area (Å²) in [6.45, 7) is 0.383. The molecule has 0 spiro atoms. The summed E-state index contributed by atoms with van der Waals surface area (Å²) in [7, 11) is 0. The summed E-state index contributed by atoms with van der Waals surface area (Å²) >= 11 is 11.6. The van der Waals surface area contributed by atoms with Crippen LogP contribution in [0.1, 0.15) is 17.5 Å². The number of para-hydroxylation sites is 1. The summed E-state index contributed by atoms with van der Waals surface area (Å²) in [5, 5.41) is 3.47. The number of rotatable bonds is 7. The van der Waals surface area contributed by atoms with Gasteiger partial charge in [0.2, 0.25) is 5.91 Å². The Morgan fingerprint density at radius 2 is 1.61 bits per heavy atom. The summed E-state index contributed by atoms with van der Waals surface area (Å²) in [4.78, 5) is 29.3. The van der Waals surface area contributed by atoms with Gasteiger partial charge in [-0.3, -0.25) is 14.5 Å². The minimum absolute atomic E-state index is 0.202. The van der Waals surface area contributed by atoms with Crippen LogP contribution in [0.25, 0.3) is 0 Å². The maximum Gasteiger partial charge on any atom is 0.416 e. The Kier molecular flexibility index (Phi) is 7.61. The molecule has 1 N–H and O–H groups in total. The molecule has 2 amide bonds. The number of amides is 2. The number of benzene rings is 3. The fourth-order valence-corrected chi connectivity index (χ4v) is 4.47. The van der Waals surface area contributed by atoms with Crippen LogP contribution in [-0.4, -0.2) is 34.4 Å². The van der Waals surface area contributed by atoms with E-state index in [1.807, 2.05) is 18.2 Å². The van der Waals surface area contributed by atoms with Crippen LogP contribution in [0.15, 0.2) is 78.9 Å². The smallest absolute Gasteiger partial charge is 0.336 e. The molecule has 4 rings (SSSR count). The molecule has 0 radical (unpaired) electrons. The molecule has 1 aliphatic rings. The first-order valence-electron chi connectivity index (χ1n) is 11.0. The van der Waals surface area contributed by atoms with E-state index in [0.717, 1.165) is 17.7 Å². The standard InChI is InChI=1S/C26H21ClF3N3O2S/c27-19-10-6-17(7-11-19)14-15-32-22(24(35)33(25(32)36)21-4-2-1-3-5-21)16-23(34)31-20-12-8-18(9-13-20)26(28,29)30/h1-13,22H,14-16H2,(H,31,34). The lowest BCUT2D eigenvalue weighted by Gasteiger charge is -2.24. The molecule has 1 fully saturated rings. The van der Waals surface area contributed by atoms with Gasteiger partial charge in [0, 0.05) is 17.3 Å². The molecule has 3 aromatic carbocycles. The summed E-state index contributed by atoms with van der Waals surface area (Å²) in [6, 6.07) is 19.5. The molecule has 0 aromatic heterocycles. The molecule has 3 aromatic rings. The van der Waals surface area contributed by atoms with Crippen LogP contribution in [0.3, 0.4) is 0 Å². The number of anilines is 2. The molecule has 0 saturated carbocycles. The Morgan fingerprint density at radius 1 is 0.972 bits per heavy atom. The molecule has 5 nitrogen and oxygen atoms in total. The second-order valence-corrected chi connectivity index (χ2v) is 9.01. The zero-order chi connectivity index (χ0) is 25.9. The van der Waals surface area contributed by atoms with Crippen LogP contribution in [0.4, 0.5) is 24.5 Å². The molecule has 1 heterocycles. The first-order chi connectivity index (χ1) is 17.1. The number of thiocarbonyl (C=S) groups is 1. The van der Waals surface area contributed by atoms with Gasteiger partial charge in [0.1, 0.15) is 6.04 Å². The van der Waals surface area contributed by atoms with Crippen LogP contribution in [-0.2, 0) is 22.2 Å². The van der Waals surface area contributed by atoms with Gasteiger partial charge in [0.05, 0.1) is 17.7 Å². The molecule has 186 valence electrons. The van der Waals surface area contributed by atoms with Gasteiger partial charge < -0.3 is 10.2 Å². The number of carbonyl (C=O) groups excluding carboxylic acids is 2. The van der Waals surface area contributed by atoms with Crippen molar-refractivity contribution < 1.29 is 22.8 Å². The van der Waals surface area contributed by atoms with Crippen molar-refractivity contribution in [2.75, 3.05) is 16.8 Å². The third-order valence-electron chi connectivity index (χ3n) is 5.76. The maximum atomic E-state index is 13.4. The molecule has 10 heteroatoms. The Hall–Kier alpha value is -3.43. The average Bonchev–Trinajstić information content (AvgIpc) is 3.07. The van der Waals surface area contributed by atoms with Crippen molar-refractivity contribution in [3.8, 4) is 0 Å². The first-order valence-corrected chi connectivity index (χ1v) is 11.8. The van der Waals surface area contributed by atoms with Gasteiger partial charge >= 0.3 is 6.18 Å². The van der Waals surface area contributed by atoms with Crippen molar-refractivity contribution in [1.29, 1.82) is 0 Å². The molecule has 0 bridgehead atoms. The number of hydrogen-bond donors (Lipinski definition) is 1. The monoisotopic (exact) mass is 531 g/mol. The summed E-state index contributed by atoms with van der Waals surface area (Å²) in [5.41, 5.74) is 0.966. The van der Waals surface area contributed by atoms with E-state index >= 15 is 0 Å². The quantitative estimate of drug-likeness (QED) is 0.384. The topological polar surface area (TPSA) is 52.7 Å². The summed E-state index contributed by atoms with van der Waals surface area (Å²) in [5.74, 6) is -0.854. The van der Waals surface area contributed by atoms with E-state index in [0.29, 0.717) is 23.7 Å². The molecule has 1 unspecified atom stereocenters. The maximum absolute atomic E-state index is 13.4. The fourth-order valence-electron chi connectivity index (χ4n) is 3.93. The number of carbonyl (C=O) groups is 2. The van der Waals surface area contributed by atoms with Crippen molar-refractivity contribution in [2.24, 2.45) is 0 Å². The fraction of sp³-hybridized carbons (Fsp3) is 0.192. The Bertz CT molecular complexity index is 1250. The van der Waals surface area contributed by atoms with E-state index in [1.54, 1.807) is 41.3 Å². The molecule has 0 aliphatic carbocycles. The number of hydrogen-bond acceptors (Lipinski definition) is 3. The van der Waals surface area contributed by atoms with Crippen molar-refractivity contribution in [3.63, 3.8) is 0 Å². The van der Waals surface area contributed by atoms with Gasteiger partial charge in [0.25, 0.3) is 5.91 Å². The van der Waals surface area contributed by atoms with E-state index in [-0.39, 0.29) is 23.1 Å². The van der Waals surface area contributed by atoms with Crippen molar-refractivity contribution in [1.82, 2.24) is 4.90 Å². The lowest BCUT2D eigenvalue weighted by atomic mass is 10.1. The number of nitrogens with one attached hydrogen (secondary N) is 1. The van der Waals surface area contributed by atoms with Crippen LogP contribution < -0.4 is 10.2 Å². The van der Waals surface area contributed by atoms with Crippen molar-refractivity contribution >= 4 is 52.1 Å². The lowest BCUT2D eigenvalue weighted by Crippen LogP contribution is -2.39. The predicted molar refractivity (Wildman–Crippen MR) is 137 cm³/mol. The van der Waals surface area contributed by atoms with Gasteiger partial charge in [-0.25, -0.2) is 0 Å². The second-order valence-electron chi connectivity index (χ2n) is 8.20. The third kappa shape index (κ3) is 5.85. The van der Waals surface area contributed by atoms with Crippen molar-refractivity contribution in [2.45, 2.75) is 25.1 Å². The van der Waals surface area contributed by atoms with Crippen LogP contribution in [0.2, 0.25) is 5.02 Å². The third-order valence-corrected chi connectivity index (χ3v) is 6.43. The minimum atomic E-state index is -4.47. The van der Waals surface area contributed by atoms with E-state index < -0.39 is 23.7 Å². The molecule has 36 heavy (non-hydrogen) atoms. The normalized spacial score (nSPS) is 15.9. The zero-order valence-electron chi connectivity index (χ0n) is 18.8. The molecular weight excluding hydrogens is 511 g/mol. The minimum Gasteiger partial charge on any atom is -0.336 e. The van der Waals surface area contributed by atoms with Crippen LogP contribution in [0, 0.1) is 0 Å². The highest BCUT2D eigenvalue weighted by Crippen LogP contribution is 2.30. The predicted octanol–water partition coefficient (Wildman–Crippen LogP) is 5.93. The van der Waals surface area contributed by atoms with Gasteiger partial charge in [-0.2, -0.15) is 13.2 Å². The Labute approximate surface area is 216 Å². The van der Waals surface area contributed by atoms with E-state index in [2.05, 4.69) is 5.32 Å². The molecule has 1 aliphatic heterocycles. The highest BCUT2D eigenvalue weighted by Gasteiger charge is 2.43. The molecular formula is C26H21ClF3N3O2S. The SMILES string of the molecule is O=C(CC1C(=O)N(c2ccccc2)C(=S)N1CCc1ccc(Cl)cc1)Nc1ccc(C(F)(F)F)cc1. The summed E-state index contributed by atoms with van der Waals surface area (Å²) in [6.07, 6.45) is -4.13. The Balaban J connectivity index is 1.51. The van der Waals surface area contributed by atoms with Crippen LogP contribution in [0.5, 0.6) is 0 Å². The van der Waals surface area contributed by atoms with E-state index in [9.17, 15) is 22.8 Å². The highest BCUT2D eigenvalue weighted by atomic mass is 35.5. The van der Waals surface area contributed by atoms with Gasteiger partial charge in [0.15, 0.2) is 5.11 Å². The van der Waals surface area contributed by atoms with Gasteiger partial charge in [-0.15, -0.1) is 0 Å². The number of nitrogens with zero attached hydrogens (tertiary/aromatic N) is 2. The van der Waals surface area contributed by atoms with E-state index in [4.69, 9.17) is 23.8 Å². The van der Waals surface area contributed by atoms with E-state index in [1.165, 1.54) is 17.0 Å². The average molecular weight is 532 g/mol. The van der Waals surface area contributed by atoms with Gasteiger partial charge in [-0.1, -0.05) is 41.9 Å². The molecule has 1 atom stereocenters. The number of alkyl halides is 3. The Morgan fingerprint density at radius 3 is 2.22 bits per heavy atom. The first kappa shape index (κ1) is 25.7. The number of halogens is 4. The second kappa shape index (κ2) is 10.7. The molecule has 1 saturated heterocycles. The van der Waals surface area contributed by atoms with Crippen molar-refractivity contribution in [3.05, 3.63) is 95.0 Å². The summed E-state index contributed by atoms with van der Waals surface area (Å²) < 4.78 is 38.4. The largest absolute Gasteiger partial charge is 0.416 e.